The minimum Gasteiger partial charge on any atom is -0.349 e. The molecule has 0 saturated heterocycles. The van der Waals surface area contributed by atoms with Gasteiger partial charge in [0.1, 0.15) is 5.56 Å². The Hall–Kier alpha value is -2.42. The van der Waals surface area contributed by atoms with Crippen LogP contribution in [0.3, 0.4) is 0 Å². The molecule has 5 rings (SSSR count). The molecule has 2 saturated carbocycles. The molecule has 170 valence electrons. The van der Waals surface area contributed by atoms with E-state index in [0.29, 0.717) is 16.7 Å². The van der Waals surface area contributed by atoms with Gasteiger partial charge in [-0.2, -0.15) is 18.3 Å². The number of alkyl halides is 3. The Balaban J connectivity index is 1.50. The van der Waals surface area contributed by atoms with E-state index in [-0.39, 0.29) is 22.9 Å². The van der Waals surface area contributed by atoms with Crippen LogP contribution in [0.15, 0.2) is 24.4 Å². The van der Waals surface area contributed by atoms with Gasteiger partial charge in [0.15, 0.2) is 11.3 Å². The summed E-state index contributed by atoms with van der Waals surface area (Å²) in [6.45, 7) is 3.98. The molecule has 2 aliphatic rings. The smallest absolute Gasteiger partial charge is 0.349 e. The molecule has 4 atom stereocenters. The average molecular weight is 463 g/mol. The number of hydrogen-bond acceptors (Lipinski definition) is 4. The highest BCUT2D eigenvalue weighted by Gasteiger charge is 2.42. The normalized spacial score (nSPS) is 23.7. The maximum Gasteiger partial charge on any atom is 0.433 e. The first-order valence-electron chi connectivity index (χ1n) is 11.1. The number of thiophene rings is 1. The third-order valence-corrected chi connectivity index (χ3v) is 8.32. The van der Waals surface area contributed by atoms with Crippen molar-refractivity contribution in [2.45, 2.75) is 58.2 Å². The average Bonchev–Trinajstić information content (AvgIpc) is 3.55. The van der Waals surface area contributed by atoms with Crippen molar-refractivity contribution < 1.29 is 18.0 Å². The third kappa shape index (κ3) is 3.70. The zero-order valence-electron chi connectivity index (χ0n) is 17.9. The second kappa shape index (κ2) is 7.86. The number of rotatable bonds is 5. The van der Waals surface area contributed by atoms with Crippen LogP contribution in [0.25, 0.3) is 16.2 Å². The van der Waals surface area contributed by atoms with Gasteiger partial charge in [0.25, 0.3) is 5.91 Å². The van der Waals surface area contributed by atoms with Crippen molar-refractivity contribution in [1.29, 1.82) is 0 Å². The van der Waals surface area contributed by atoms with Crippen molar-refractivity contribution in [3.63, 3.8) is 0 Å². The lowest BCUT2D eigenvalue weighted by Gasteiger charge is -2.28. The molecule has 9 heteroatoms. The zero-order chi connectivity index (χ0) is 22.6. The molecule has 1 N–H and O–H groups in total. The van der Waals surface area contributed by atoms with Gasteiger partial charge in [-0.15, -0.1) is 11.3 Å². The second-order valence-electron chi connectivity index (χ2n) is 9.04. The van der Waals surface area contributed by atoms with Gasteiger partial charge in [-0.25, -0.2) is 9.50 Å². The van der Waals surface area contributed by atoms with Crippen LogP contribution in [0, 0.1) is 17.8 Å². The molecule has 32 heavy (non-hydrogen) atoms. The van der Waals surface area contributed by atoms with Crippen LogP contribution in [-0.2, 0) is 12.6 Å². The minimum absolute atomic E-state index is 0.0394. The van der Waals surface area contributed by atoms with E-state index < -0.39 is 17.8 Å². The molecule has 2 aliphatic carbocycles. The molecule has 0 radical (unpaired) electrons. The SMILES string of the molecule is CCc1ccc(-c2cc(C(F)(F)F)n3ncc(C(=O)N[C@H](C)[C@H]4C[C@@H]5CC[C@@H]4C5)c3n2)s1. The molecule has 2 bridgehead atoms. The molecule has 2 fully saturated rings. The molecule has 0 spiro atoms. The van der Waals surface area contributed by atoms with Crippen LogP contribution >= 0.6 is 11.3 Å². The molecule has 0 unspecified atom stereocenters. The molecular weight excluding hydrogens is 437 g/mol. The van der Waals surface area contributed by atoms with E-state index in [1.165, 1.54) is 36.8 Å². The van der Waals surface area contributed by atoms with E-state index >= 15 is 0 Å². The lowest BCUT2D eigenvalue weighted by Crippen LogP contribution is -2.40. The van der Waals surface area contributed by atoms with Crippen LogP contribution in [0.1, 0.15) is 60.5 Å². The molecule has 3 heterocycles. The minimum atomic E-state index is -4.63. The fourth-order valence-corrected chi connectivity index (χ4v) is 6.36. The number of halogens is 3. The second-order valence-corrected chi connectivity index (χ2v) is 10.2. The predicted octanol–water partition coefficient (Wildman–Crippen LogP) is 5.59. The van der Waals surface area contributed by atoms with Crippen LogP contribution in [0.2, 0.25) is 0 Å². The summed E-state index contributed by atoms with van der Waals surface area (Å²) in [6, 6.07) is 4.63. The van der Waals surface area contributed by atoms with Crippen molar-refractivity contribution in [3.8, 4) is 10.6 Å². The number of aryl methyl sites for hydroxylation is 1. The summed E-state index contributed by atoms with van der Waals surface area (Å²) >= 11 is 1.40. The van der Waals surface area contributed by atoms with Crippen LogP contribution < -0.4 is 5.32 Å². The monoisotopic (exact) mass is 462 g/mol. The summed E-state index contributed by atoms with van der Waals surface area (Å²) in [5.41, 5.74) is -0.743. The summed E-state index contributed by atoms with van der Waals surface area (Å²) in [4.78, 5) is 19.2. The first-order chi connectivity index (χ1) is 15.2. The Labute approximate surface area is 188 Å². The Kier molecular flexibility index (Phi) is 5.27. The summed E-state index contributed by atoms with van der Waals surface area (Å²) in [5.74, 6) is 1.38. The Morgan fingerprint density at radius 2 is 2.12 bits per heavy atom. The van der Waals surface area contributed by atoms with Crippen molar-refractivity contribution in [2.75, 3.05) is 0 Å². The largest absolute Gasteiger partial charge is 0.433 e. The van der Waals surface area contributed by atoms with Crippen molar-refractivity contribution in [1.82, 2.24) is 19.9 Å². The lowest BCUT2D eigenvalue weighted by atomic mass is 9.84. The first-order valence-corrected chi connectivity index (χ1v) is 11.9. The molecule has 0 aromatic carbocycles. The highest BCUT2D eigenvalue weighted by molar-refractivity contribution is 7.15. The summed E-state index contributed by atoms with van der Waals surface area (Å²) in [5, 5.41) is 6.90. The number of fused-ring (bicyclic) bond motifs is 3. The highest BCUT2D eigenvalue weighted by atomic mass is 32.1. The number of hydrogen-bond donors (Lipinski definition) is 1. The van der Waals surface area contributed by atoms with E-state index in [4.69, 9.17) is 0 Å². The number of amides is 1. The Morgan fingerprint density at radius 1 is 1.31 bits per heavy atom. The summed E-state index contributed by atoms with van der Waals surface area (Å²) in [6.07, 6.45) is 2.16. The van der Waals surface area contributed by atoms with Gasteiger partial charge in [-0.1, -0.05) is 13.3 Å². The van der Waals surface area contributed by atoms with Gasteiger partial charge in [0.05, 0.1) is 16.8 Å². The van der Waals surface area contributed by atoms with Gasteiger partial charge in [-0.3, -0.25) is 4.79 Å². The predicted molar refractivity (Wildman–Crippen MR) is 117 cm³/mol. The molecule has 0 aliphatic heterocycles. The Morgan fingerprint density at radius 3 is 2.75 bits per heavy atom. The molecule has 1 amide bonds. The van der Waals surface area contributed by atoms with Crippen LogP contribution in [0.5, 0.6) is 0 Å². The van der Waals surface area contributed by atoms with Gasteiger partial charge < -0.3 is 5.32 Å². The van der Waals surface area contributed by atoms with Crippen LogP contribution in [-0.4, -0.2) is 26.5 Å². The lowest BCUT2D eigenvalue weighted by molar-refractivity contribution is -0.142. The fraction of sp³-hybridized carbons (Fsp3) is 0.522. The van der Waals surface area contributed by atoms with E-state index in [1.807, 2.05) is 19.9 Å². The van der Waals surface area contributed by atoms with Crippen LogP contribution in [0.4, 0.5) is 13.2 Å². The van der Waals surface area contributed by atoms with Crippen molar-refractivity contribution in [2.24, 2.45) is 17.8 Å². The number of carbonyl (C=O) groups is 1. The standard InChI is InChI=1S/C23H25F3N4OS/c1-3-15-6-7-19(32-15)18-10-20(23(24,25)26)30-21(29-18)17(11-27-30)22(31)28-12(2)16-9-13-4-5-14(16)8-13/h6-7,10-14,16H,3-5,8-9H2,1-2H3,(H,28,31)/t12-,13-,14-,16-/m1/s1. The molecule has 3 aromatic rings. The maximum absolute atomic E-state index is 13.8. The number of aromatic nitrogens is 3. The fourth-order valence-electron chi connectivity index (χ4n) is 5.45. The first kappa shape index (κ1) is 21.4. The van der Waals surface area contributed by atoms with Gasteiger partial charge >= 0.3 is 6.18 Å². The van der Waals surface area contributed by atoms with Crippen molar-refractivity contribution >= 4 is 22.9 Å². The van der Waals surface area contributed by atoms with Gasteiger partial charge in [0, 0.05) is 10.9 Å². The Bertz CT molecular complexity index is 1170. The van der Waals surface area contributed by atoms with Gasteiger partial charge in [-0.05, 0) is 68.6 Å². The van der Waals surface area contributed by atoms with E-state index in [9.17, 15) is 18.0 Å². The quantitative estimate of drug-likeness (QED) is 0.537. The van der Waals surface area contributed by atoms with E-state index in [2.05, 4.69) is 15.4 Å². The number of nitrogens with one attached hydrogen (secondary N) is 1. The third-order valence-electron chi connectivity index (χ3n) is 7.06. The number of nitrogens with zero attached hydrogens (tertiary/aromatic N) is 3. The number of carbonyl (C=O) groups excluding carboxylic acids is 1. The van der Waals surface area contributed by atoms with E-state index in [1.54, 1.807) is 6.07 Å². The summed E-state index contributed by atoms with van der Waals surface area (Å²) in [7, 11) is 0. The molecule has 5 nitrogen and oxygen atoms in total. The van der Waals surface area contributed by atoms with E-state index in [0.717, 1.165) is 34.2 Å². The topological polar surface area (TPSA) is 59.3 Å². The van der Waals surface area contributed by atoms with Crippen molar-refractivity contribution in [3.05, 3.63) is 40.5 Å². The summed E-state index contributed by atoms with van der Waals surface area (Å²) < 4.78 is 42.2. The zero-order valence-corrected chi connectivity index (χ0v) is 18.8. The maximum atomic E-state index is 13.8. The highest BCUT2D eigenvalue weighted by Crippen LogP contribution is 2.49. The molecular formula is C23H25F3N4OS. The molecule has 3 aromatic heterocycles. The van der Waals surface area contributed by atoms with Gasteiger partial charge in [0.2, 0.25) is 0 Å².